The van der Waals surface area contributed by atoms with Crippen molar-refractivity contribution in [2.45, 2.75) is 39.2 Å². The minimum atomic E-state index is -0.557. The number of aryl methyl sites for hydroxylation is 1. The van der Waals surface area contributed by atoms with Crippen molar-refractivity contribution in [2.75, 3.05) is 6.54 Å². The van der Waals surface area contributed by atoms with E-state index in [2.05, 4.69) is 11.9 Å². The molecule has 0 bridgehead atoms. The van der Waals surface area contributed by atoms with Gasteiger partial charge in [-0.15, -0.1) is 0 Å². The second-order valence-corrected chi connectivity index (χ2v) is 6.60. The van der Waals surface area contributed by atoms with Crippen LogP contribution in [0.4, 0.5) is 0 Å². The lowest BCUT2D eigenvalue weighted by Crippen LogP contribution is -2.40. The van der Waals surface area contributed by atoms with Gasteiger partial charge in [-0.25, -0.2) is 0 Å². The Bertz CT molecular complexity index is 766. The number of primary amides is 1. The smallest absolute Gasteiger partial charge is 0.273 e. The van der Waals surface area contributed by atoms with E-state index in [4.69, 9.17) is 10.2 Å². The average molecular weight is 341 g/mol. The molecule has 2 aromatic heterocycles. The second-order valence-electron chi connectivity index (χ2n) is 6.60. The molecule has 0 aliphatic carbocycles. The molecule has 1 fully saturated rings. The van der Waals surface area contributed by atoms with E-state index in [0.29, 0.717) is 23.7 Å². The number of aromatic nitrogens is 1. The van der Waals surface area contributed by atoms with Crippen LogP contribution < -0.4 is 5.73 Å². The highest BCUT2D eigenvalue weighted by molar-refractivity contribution is 5.95. The minimum Gasteiger partial charge on any atom is -0.464 e. The van der Waals surface area contributed by atoms with Gasteiger partial charge in [-0.1, -0.05) is 13.8 Å². The first kappa shape index (κ1) is 17.2. The first-order valence-corrected chi connectivity index (χ1v) is 8.65. The van der Waals surface area contributed by atoms with Gasteiger partial charge < -0.3 is 15.1 Å². The van der Waals surface area contributed by atoms with Gasteiger partial charge in [0.05, 0.1) is 11.6 Å². The molecule has 0 unspecified atom stereocenters. The number of carbonyl (C=O) groups is 2. The zero-order valence-corrected chi connectivity index (χ0v) is 14.6. The monoisotopic (exact) mass is 341 g/mol. The van der Waals surface area contributed by atoms with Crippen LogP contribution in [0, 0.1) is 5.92 Å². The Morgan fingerprint density at radius 2 is 2.12 bits per heavy atom. The lowest BCUT2D eigenvalue weighted by atomic mass is 9.91. The van der Waals surface area contributed by atoms with Crippen LogP contribution >= 0.6 is 0 Å². The third-order valence-corrected chi connectivity index (χ3v) is 4.75. The fourth-order valence-electron chi connectivity index (χ4n) is 3.23. The number of carbonyl (C=O) groups excluding carboxylic acids is 2. The van der Waals surface area contributed by atoms with E-state index >= 15 is 0 Å². The van der Waals surface area contributed by atoms with Crippen LogP contribution in [0.15, 0.2) is 34.9 Å². The molecule has 3 rings (SSSR count). The summed E-state index contributed by atoms with van der Waals surface area (Å²) in [5, 5.41) is 0. The Labute approximate surface area is 147 Å². The van der Waals surface area contributed by atoms with Crippen molar-refractivity contribution in [2.24, 2.45) is 11.7 Å². The maximum absolute atomic E-state index is 13.0. The van der Waals surface area contributed by atoms with Crippen molar-refractivity contribution in [1.29, 1.82) is 0 Å². The number of rotatable bonds is 4. The van der Waals surface area contributed by atoms with Gasteiger partial charge in [0.2, 0.25) is 5.91 Å². The second kappa shape index (κ2) is 7.09. The van der Waals surface area contributed by atoms with Crippen LogP contribution in [0.2, 0.25) is 0 Å². The van der Waals surface area contributed by atoms with Gasteiger partial charge in [-0.3, -0.25) is 14.6 Å². The Hall–Kier alpha value is -2.63. The standard InChI is InChI=1S/C19H23N3O3/c1-3-14-5-7-17(25-14)16-10-12(2)8-9-22(16)19(24)15-6-4-13(11-21-15)18(20)23/h4-7,11-12,16H,3,8-10H2,1-2H3,(H2,20,23)/t12-,16-/m1/s1. The maximum Gasteiger partial charge on any atom is 0.273 e. The van der Waals surface area contributed by atoms with Gasteiger partial charge in [-0.2, -0.15) is 0 Å². The molecule has 2 atom stereocenters. The molecule has 0 saturated carbocycles. The van der Waals surface area contributed by atoms with Crippen molar-refractivity contribution in [3.63, 3.8) is 0 Å². The van der Waals surface area contributed by atoms with Crippen molar-refractivity contribution in [1.82, 2.24) is 9.88 Å². The highest BCUT2D eigenvalue weighted by Crippen LogP contribution is 2.35. The highest BCUT2D eigenvalue weighted by Gasteiger charge is 2.34. The van der Waals surface area contributed by atoms with Crippen LogP contribution in [0.3, 0.4) is 0 Å². The molecule has 0 aromatic carbocycles. The molecule has 6 nitrogen and oxygen atoms in total. The topological polar surface area (TPSA) is 89.4 Å². The predicted molar refractivity (Wildman–Crippen MR) is 93.0 cm³/mol. The van der Waals surface area contributed by atoms with Crippen LogP contribution in [0.1, 0.15) is 65.1 Å². The van der Waals surface area contributed by atoms with Crippen molar-refractivity contribution in [3.8, 4) is 0 Å². The lowest BCUT2D eigenvalue weighted by molar-refractivity contribution is 0.0512. The molecule has 0 spiro atoms. The summed E-state index contributed by atoms with van der Waals surface area (Å²) < 4.78 is 5.91. The third kappa shape index (κ3) is 3.57. The van der Waals surface area contributed by atoms with Crippen LogP contribution in [-0.2, 0) is 6.42 Å². The molecule has 25 heavy (non-hydrogen) atoms. The molecule has 2 N–H and O–H groups in total. The van der Waals surface area contributed by atoms with Crippen LogP contribution in [-0.4, -0.2) is 28.2 Å². The van der Waals surface area contributed by atoms with Gasteiger partial charge >= 0.3 is 0 Å². The largest absolute Gasteiger partial charge is 0.464 e. The van der Waals surface area contributed by atoms with E-state index in [1.165, 1.54) is 12.3 Å². The third-order valence-electron chi connectivity index (χ3n) is 4.75. The predicted octanol–water partition coefficient (Wildman–Crippen LogP) is 2.95. The summed E-state index contributed by atoms with van der Waals surface area (Å²) in [7, 11) is 0. The molecular formula is C19H23N3O3. The van der Waals surface area contributed by atoms with Crippen LogP contribution in [0.5, 0.6) is 0 Å². The highest BCUT2D eigenvalue weighted by atomic mass is 16.3. The summed E-state index contributed by atoms with van der Waals surface area (Å²) in [5.41, 5.74) is 5.83. The summed E-state index contributed by atoms with van der Waals surface area (Å²) in [6, 6.07) is 6.93. The van der Waals surface area contributed by atoms with Gasteiger partial charge in [-0.05, 0) is 43.0 Å². The summed E-state index contributed by atoms with van der Waals surface area (Å²) in [5.74, 6) is 1.56. The van der Waals surface area contributed by atoms with E-state index in [1.807, 2.05) is 24.0 Å². The van der Waals surface area contributed by atoms with E-state index in [1.54, 1.807) is 6.07 Å². The van der Waals surface area contributed by atoms with Crippen molar-refractivity contribution >= 4 is 11.8 Å². The van der Waals surface area contributed by atoms with E-state index in [0.717, 1.165) is 30.8 Å². The number of nitrogens with two attached hydrogens (primary N) is 1. The molecule has 6 heteroatoms. The Morgan fingerprint density at radius 1 is 1.32 bits per heavy atom. The molecule has 132 valence electrons. The number of amides is 2. The Balaban J connectivity index is 1.86. The van der Waals surface area contributed by atoms with Crippen molar-refractivity contribution < 1.29 is 14.0 Å². The number of hydrogen-bond acceptors (Lipinski definition) is 4. The molecule has 2 aromatic rings. The number of piperidine rings is 1. The molecule has 1 aliphatic rings. The first-order valence-electron chi connectivity index (χ1n) is 8.65. The number of nitrogens with zero attached hydrogens (tertiary/aromatic N) is 2. The fraction of sp³-hybridized carbons (Fsp3) is 0.421. The van der Waals surface area contributed by atoms with Gasteiger partial charge in [0.1, 0.15) is 17.2 Å². The normalized spacial score (nSPS) is 20.5. The van der Waals surface area contributed by atoms with Gasteiger partial charge in [0.15, 0.2) is 0 Å². The fourth-order valence-corrected chi connectivity index (χ4v) is 3.23. The molecule has 3 heterocycles. The van der Waals surface area contributed by atoms with E-state index < -0.39 is 5.91 Å². The average Bonchev–Trinajstić information content (AvgIpc) is 3.10. The Morgan fingerprint density at radius 3 is 2.72 bits per heavy atom. The Kier molecular flexibility index (Phi) is 4.88. The number of likely N-dealkylation sites (tertiary alicyclic amines) is 1. The summed E-state index contributed by atoms with van der Waals surface area (Å²) in [6.07, 6.45) is 3.98. The zero-order valence-electron chi connectivity index (χ0n) is 14.6. The van der Waals surface area contributed by atoms with E-state index in [-0.39, 0.29) is 11.9 Å². The lowest BCUT2D eigenvalue weighted by Gasteiger charge is -2.37. The summed E-state index contributed by atoms with van der Waals surface area (Å²) in [4.78, 5) is 30.1. The quantitative estimate of drug-likeness (QED) is 0.926. The zero-order chi connectivity index (χ0) is 18.0. The number of hydrogen-bond donors (Lipinski definition) is 1. The minimum absolute atomic E-state index is 0.0887. The number of furan rings is 1. The van der Waals surface area contributed by atoms with Crippen molar-refractivity contribution in [3.05, 3.63) is 53.2 Å². The van der Waals surface area contributed by atoms with E-state index in [9.17, 15) is 9.59 Å². The summed E-state index contributed by atoms with van der Waals surface area (Å²) >= 11 is 0. The van der Waals surface area contributed by atoms with Crippen LogP contribution in [0.25, 0.3) is 0 Å². The first-order chi connectivity index (χ1) is 12.0. The molecular weight excluding hydrogens is 318 g/mol. The number of pyridine rings is 1. The molecule has 1 saturated heterocycles. The molecule has 1 aliphatic heterocycles. The molecule has 0 radical (unpaired) electrons. The summed E-state index contributed by atoms with van der Waals surface area (Å²) in [6.45, 7) is 4.89. The SMILES string of the molecule is CCc1ccc([C@H]2C[C@H](C)CCN2C(=O)c2ccc(C(N)=O)cn2)o1. The molecule has 2 amide bonds. The van der Waals surface area contributed by atoms with Gasteiger partial charge in [0.25, 0.3) is 5.91 Å². The maximum atomic E-state index is 13.0. The van der Waals surface area contributed by atoms with Gasteiger partial charge in [0, 0.05) is 19.2 Å².